The minimum Gasteiger partial charge on any atom is -0.350 e. The maximum Gasteiger partial charge on any atom is 0.270 e. The smallest absolute Gasteiger partial charge is 0.270 e. The van der Waals surface area contributed by atoms with E-state index in [0.29, 0.717) is 12.2 Å². The van der Waals surface area contributed by atoms with Crippen LogP contribution < -0.4 is 5.73 Å². The van der Waals surface area contributed by atoms with Crippen molar-refractivity contribution >= 4 is 16.8 Å². The largest absolute Gasteiger partial charge is 0.350 e. The minimum atomic E-state index is 0.0559. The van der Waals surface area contributed by atoms with Crippen molar-refractivity contribution in [1.82, 2.24) is 14.9 Å². The van der Waals surface area contributed by atoms with Crippen LogP contribution in [0.25, 0.3) is 10.9 Å². The lowest BCUT2D eigenvalue weighted by Gasteiger charge is -2.41. The van der Waals surface area contributed by atoms with Crippen LogP contribution in [-0.2, 0) is 0 Å². The summed E-state index contributed by atoms with van der Waals surface area (Å²) in [6.07, 6.45) is 7.06. The molecule has 1 aliphatic carbocycles. The molecule has 2 aromatic heterocycles. The molecule has 20 heavy (non-hydrogen) atoms. The second kappa shape index (κ2) is 4.06. The van der Waals surface area contributed by atoms with E-state index in [1.165, 1.54) is 6.42 Å². The van der Waals surface area contributed by atoms with Crippen molar-refractivity contribution in [3.8, 4) is 0 Å². The predicted molar refractivity (Wildman–Crippen MR) is 76.3 cm³/mol. The lowest BCUT2D eigenvalue weighted by atomic mass is 9.66. The highest BCUT2D eigenvalue weighted by molar-refractivity contribution is 5.98. The van der Waals surface area contributed by atoms with Gasteiger partial charge in [-0.3, -0.25) is 9.78 Å². The second-order valence-electron chi connectivity index (χ2n) is 6.15. The summed E-state index contributed by atoms with van der Waals surface area (Å²) in [4.78, 5) is 21.8. The van der Waals surface area contributed by atoms with Crippen LogP contribution in [0.1, 0.15) is 29.8 Å². The van der Waals surface area contributed by atoms with E-state index >= 15 is 0 Å². The Morgan fingerprint density at radius 1 is 1.50 bits per heavy atom. The molecular formula is C15H18N4O. The number of aromatic nitrogens is 2. The maximum absolute atomic E-state index is 12.6. The summed E-state index contributed by atoms with van der Waals surface area (Å²) >= 11 is 0. The SMILES string of the molecule is NC1CN(C(=O)c2cc3cnccc3[nH]2)CC12CCC2. The third kappa shape index (κ3) is 1.59. The molecule has 2 aliphatic rings. The standard InChI is InChI=1S/C15H18N4O/c16-13-8-19(9-15(13)3-1-4-15)14(20)12-6-10-7-17-5-2-11(10)18-12/h2,5-7,13,18H,1,3-4,8-9,16H2. The van der Waals surface area contributed by atoms with Gasteiger partial charge in [0, 0.05) is 47.8 Å². The van der Waals surface area contributed by atoms with Crippen molar-refractivity contribution in [2.24, 2.45) is 11.1 Å². The number of hydrogen-bond donors (Lipinski definition) is 2. The number of fused-ring (bicyclic) bond motifs is 1. The van der Waals surface area contributed by atoms with E-state index in [4.69, 9.17) is 5.73 Å². The number of amides is 1. The lowest BCUT2D eigenvalue weighted by molar-refractivity contribution is 0.0722. The van der Waals surface area contributed by atoms with Gasteiger partial charge in [0.05, 0.1) is 0 Å². The van der Waals surface area contributed by atoms with Gasteiger partial charge in [-0.1, -0.05) is 6.42 Å². The molecule has 1 aliphatic heterocycles. The molecule has 0 bridgehead atoms. The van der Waals surface area contributed by atoms with Crippen LogP contribution in [0.4, 0.5) is 0 Å². The molecule has 3 N–H and O–H groups in total. The van der Waals surface area contributed by atoms with Crippen molar-refractivity contribution in [3.05, 3.63) is 30.2 Å². The van der Waals surface area contributed by atoms with Crippen LogP contribution in [-0.4, -0.2) is 39.9 Å². The van der Waals surface area contributed by atoms with E-state index in [1.807, 2.05) is 17.0 Å². The first kappa shape index (κ1) is 11.9. The van der Waals surface area contributed by atoms with Crippen LogP contribution in [0.15, 0.2) is 24.5 Å². The van der Waals surface area contributed by atoms with Gasteiger partial charge in [0.15, 0.2) is 0 Å². The summed E-state index contributed by atoms with van der Waals surface area (Å²) in [5, 5.41) is 0.970. The number of nitrogens with one attached hydrogen (secondary N) is 1. The molecule has 104 valence electrons. The normalized spacial score (nSPS) is 24.2. The third-order valence-electron chi connectivity index (χ3n) is 5.00. The van der Waals surface area contributed by atoms with Crippen LogP contribution in [0, 0.1) is 5.41 Å². The number of aromatic amines is 1. The Balaban J connectivity index is 1.61. The number of hydrogen-bond acceptors (Lipinski definition) is 3. The first-order valence-corrected chi connectivity index (χ1v) is 7.16. The first-order valence-electron chi connectivity index (χ1n) is 7.16. The van der Waals surface area contributed by atoms with E-state index in [0.717, 1.165) is 30.3 Å². The fraction of sp³-hybridized carbons (Fsp3) is 0.467. The number of pyridine rings is 1. The van der Waals surface area contributed by atoms with E-state index in [2.05, 4.69) is 9.97 Å². The first-order chi connectivity index (χ1) is 9.68. The number of likely N-dealkylation sites (tertiary alicyclic amines) is 1. The van der Waals surface area contributed by atoms with Gasteiger partial charge in [-0.05, 0) is 25.0 Å². The maximum atomic E-state index is 12.6. The summed E-state index contributed by atoms with van der Waals surface area (Å²) in [6, 6.07) is 3.89. The molecule has 2 aromatic rings. The minimum absolute atomic E-state index is 0.0559. The van der Waals surface area contributed by atoms with E-state index in [9.17, 15) is 4.79 Å². The summed E-state index contributed by atoms with van der Waals surface area (Å²) < 4.78 is 0. The van der Waals surface area contributed by atoms with Crippen molar-refractivity contribution in [2.75, 3.05) is 13.1 Å². The van der Waals surface area contributed by atoms with Gasteiger partial charge in [0.1, 0.15) is 5.69 Å². The molecule has 4 rings (SSSR count). The number of H-pyrrole nitrogens is 1. The van der Waals surface area contributed by atoms with Gasteiger partial charge < -0.3 is 15.6 Å². The van der Waals surface area contributed by atoms with Crippen molar-refractivity contribution in [1.29, 1.82) is 0 Å². The molecule has 1 atom stereocenters. The van der Waals surface area contributed by atoms with Gasteiger partial charge in [-0.15, -0.1) is 0 Å². The molecule has 0 radical (unpaired) electrons. The molecule has 2 fully saturated rings. The Bertz CT molecular complexity index is 640. The molecule has 5 heteroatoms. The Labute approximate surface area is 117 Å². The average molecular weight is 270 g/mol. The molecule has 5 nitrogen and oxygen atoms in total. The topological polar surface area (TPSA) is 75.0 Å². The highest BCUT2D eigenvalue weighted by atomic mass is 16.2. The van der Waals surface area contributed by atoms with Gasteiger partial charge in [-0.2, -0.15) is 0 Å². The fourth-order valence-electron chi connectivity index (χ4n) is 3.57. The molecule has 1 saturated heterocycles. The van der Waals surface area contributed by atoms with Gasteiger partial charge in [0.25, 0.3) is 5.91 Å². The van der Waals surface area contributed by atoms with Crippen molar-refractivity contribution in [3.63, 3.8) is 0 Å². The zero-order valence-corrected chi connectivity index (χ0v) is 11.3. The number of nitrogens with zero attached hydrogens (tertiary/aromatic N) is 2. The van der Waals surface area contributed by atoms with Gasteiger partial charge in [0.2, 0.25) is 0 Å². The molecule has 1 spiro atoms. The van der Waals surface area contributed by atoms with E-state index in [1.54, 1.807) is 12.4 Å². The summed E-state index contributed by atoms with van der Waals surface area (Å²) in [5.74, 6) is 0.0559. The van der Waals surface area contributed by atoms with Gasteiger partial charge in [-0.25, -0.2) is 0 Å². The Morgan fingerprint density at radius 3 is 3.00 bits per heavy atom. The summed E-state index contributed by atoms with van der Waals surface area (Å²) in [7, 11) is 0. The summed E-state index contributed by atoms with van der Waals surface area (Å²) in [5.41, 5.74) is 8.02. The van der Waals surface area contributed by atoms with E-state index in [-0.39, 0.29) is 17.4 Å². The van der Waals surface area contributed by atoms with Crippen LogP contribution in [0.2, 0.25) is 0 Å². The number of nitrogens with two attached hydrogens (primary N) is 1. The quantitative estimate of drug-likeness (QED) is 0.825. The highest BCUT2D eigenvalue weighted by Crippen LogP contribution is 2.47. The Hall–Kier alpha value is -1.88. The molecular weight excluding hydrogens is 252 g/mol. The van der Waals surface area contributed by atoms with Crippen LogP contribution in [0.5, 0.6) is 0 Å². The number of rotatable bonds is 1. The molecule has 1 saturated carbocycles. The molecule has 1 unspecified atom stereocenters. The lowest BCUT2D eigenvalue weighted by Crippen LogP contribution is -2.45. The average Bonchev–Trinajstić information content (AvgIpc) is 2.98. The second-order valence-corrected chi connectivity index (χ2v) is 6.15. The monoisotopic (exact) mass is 270 g/mol. The Morgan fingerprint density at radius 2 is 2.35 bits per heavy atom. The molecule has 3 heterocycles. The van der Waals surface area contributed by atoms with Crippen LogP contribution >= 0.6 is 0 Å². The molecule has 1 amide bonds. The van der Waals surface area contributed by atoms with Crippen molar-refractivity contribution in [2.45, 2.75) is 25.3 Å². The third-order valence-corrected chi connectivity index (χ3v) is 5.00. The van der Waals surface area contributed by atoms with E-state index < -0.39 is 0 Å². The zero-order chi connectivity index (χ0) is 13.7. The zero-order valence-electron chi connectivity index (χ0n) is 11.3. The Kier molecular flexibility index (Phi) is 2.41. The van der Waals surface area contributed by atoms with Crippen LogP contribution in [0.3, 0.4) is 0 Å². The predicted octanol–water partition coefficient (Wildman–Crippen LogP) is 1.52. The number of carbonyl (C=O) groups excluding carboxylic acids is 1. The molecule has 0 aromatic carbocycles. The van der Waals surface area contributed by atoms with Crippen molar-refractivity contribution < 1.29 is 4.79 Å². The highest BCUT2D eigenvalue weighted by Gasteiger charge is 2.50. The number of carbonyl (C=O) groups is 1. The fourth-order valence-corrected chi connectivity index (χ4v) is 3.57. The van der Waals surface area contributed by atoms with Gasteiger partial charge >= 0.3 is 0 Å². The summed E-state index contributed by atoms with van der Waals surface area (Å²) in [6.45, 7) is 1.48.